The fourth-order valence-corrected chi connectivity index (χ4v) is 3.52. The van der Waals surface area contributed by atoms with Crippen LogP contribution in [0.3, 0.4) is 0 Å². The number of hydrogen-bond acceptors (Lipinski definition) is 2. The first kappa shape index (κ1) is 15.1. The summed E-state index contributed by atoms with van der Waals surface area (Å²) >= 11 is 0. The monoisotopic (exact) mass is 278 g/mol. The van der Waals surface area contributed by atoms with Gasteiger partial charge in [0.15, 0.2) is 0 Å². The van der Waals surface area contributed by atoms with Gasteiger partial charge in [0.05, 0.1) is 6.54 Å². The van der Waals surface area contributed by atoms with E-state index in [2.05, 4.69) is 10.2 Å². The SMILES string of the molecule is FC(F)(F)CNCCN1CCC2(CCCCC2)CC1. The maximum atomic E-state index is 12.0. The van der Waals surface area contributed by atoms with Crippen LogP contribution in [-0.2, 0) is 0 Å². The predicted octanol–water partition coefficient (Wildman–Crippen LogP) is 3.18. The molecule has 19 heavy (non-hydrogen) atoms. The Balaban J connectivity index is 1.61. The molecule has 1 N–H and O–H groups in total. The van der Waals surface area contributed by atoms with E-state index in [4.69, 9.17) is 0 Å². The Morgan fingerprint density at radius 2 is 1.58 bits per heavy atom. The lowest BCUT2D eigenvalue weighted by Gasteiger charge is -2.44. The first-order valence-electron chi connectivity index (χ1n) is 7.49. The van der Waals surface area contributed by atoms with Crippen LogP contribution < -0.4 is 5.32 Å². The normalized spacial score (nSPS) is 24.8. The van der Waals surface area contributed by atoms with Crippen molar-refractivity contribution in [2.45, 2.75) is 51.1 Å². The highest BCUT2D eigenvalue weighted by molar-refractivity contribution is 4.88. The molecule has 1 aliphatic carbocycles. The van der Waals surface area contributed by atoms with Gasteiger partial charge < -0.3 is 10.2 Å². The molecule has 1 spiro atoms. The summed E-state index contributed by atoms with van der Waals surface area (Å²) in [6, 6.07) is 0. The molecular weight excluding hydrogens is 253 g/mol. The first-order valence-corrected chi connectivity index (χ1v) is 7.49. The van der Waals surface area contributed by atoms with E-state index >= 15 is 0 Å². The van der Waals surface area contributed by atoms with Crippen molar-refractivity contribution >= 4 is 0 Å². The second-order valence-corrected chi connectivity index (χ2v) is 6.19. The molecule has 0 atom stereocenters. The largest absolute Gasteiger partial charge is 0.401 e. The summed E-state index contributed by atoms with van der Waals surface area (Å²) < 4.78 is 36.0. The van der Waals surface area contributed by atoms with Crippen LogP contribution in [-0.4, -0.2) is 43.8 Å². The van der Waals surface area contributed by atoms with E-state index in [0.717, 1.165) is 19.6 Å². The number of alkyl halides is 3. The molecule has 0 amide bonds. The fraction of sp³-hybridized carbons (Fsp3) is 1.00. The molecule has 0 aromatic carbocycles. The Morgan fingerprint density at radius 1 is 0.947 bits per heavy atom. The summed E-state index contributed by atoms with van der Waals surface area (Å²) in [6.45, 7) is 2.44. The first-order chi connectivity index (χ1) is 8.99. The topological polar surface area (TPSA) is 15.3 Å². The van der Waals surface area contributed by atoms with Crippen LogP contribution in [0.4, 0.5) is 13.2 Å². The second kappa shape index (κ2) is 6.44. The van der Waals surface area contributed by atoms with Gasteiger partial charge in [-0.25, -0.2) is 0 Å². The smallest absolute Gasteiger partial charge is 0.307 e. The van der Waals surface area contributed by atoms with Crippen molar-refractivity contribution in [2.24, 2.45) is 5.41 Å². The molecule has 112 valence electrons. The van der Waals surface area contributed by atoms with Crippen LogP contribution in [0.5, 0.6) is 0 Å². The van der Waals surface area contributed by atoms with Gasteiger partial charge in [-0.3, -0.25) is 0 Å². The Morgan fingerprint density at radius 3 is 2.16 bits per heavy atom. The van der Waals surface area contributed by atoms with Crippen molar-refractivity contribution in [1.82, 2.24) is 10.2 Å². The van der Waals surface area contributed by atoms with E-state index in [0.29, 0.717) is 12.0 Å². The summed E-state index contributed by atoms with van der Waals surface area (Å²) in [5, 5.41) is 2.48. The average molecular weight is 278 g/mol. The third-order valence-electron chi connectivity index (χ3n) is 4.76. The van der Waals surface area contributed by atoms with E-state index in [1.165, 1.54) is 44.9 Å². The zero-order valence-electron chi connectivity index (χ0n) is 11.6. The molecule has 5 heteroatoms. The lowest BCUT2D eigenvalue weighted by Crippen LogP contribution is -2.44. The number of piperidine rings is 1. The van der Waals surface area contributed by atoms with Crippen molar-refractivity contribution in [3.63, 3.8) is 0 Å². The molecule has 1 saturated heterocycles. The molecule has 2 nitrogen and oxygen atoms in total. The Hall–Kier alpha value is -0.290. The van der Waals surface area contributed by atoms with Crippen LogP contribution in [0.15, 0.2) is 0 Å². The van der Waals surface area contributed by atoms with Crippen LogP contribution in [0.2, 0.25) is 0 Å². The number of nitrogens with one attached hydrogen (secondary N) is 1. The second-order valence-electron chi connectivity index (χ2n) is 6.19. The van der Waals surface area contributed by atoms with E-state index in [-0.39, 0.29) is 0 Å². The summed E-state index contributed by atoms with van der Waals surface area (Å²) in [4.78, 5) is 2.31. The molecule has 1 saturated carbocycles. The van der Waals surface area contributed by atoms with Gasteiger partial charge in [0.25, 0.3) is 0 Å². The van der Waals surface area contributed by atoms with Gasteiger partial charge in [-0.15, -0.1) is 0 Å². The summed E-state index contributed by atoms with van der Waals surface area (Å²) in [5.74, 6) is 0. The third-order valence-corrected chi connectivity index (χ3v) is 4.76. The van der Waals surface area contributed by atoms with Crippen molar-refractivity contribution in [3.8, 4) is 0 Å². The van der Waals surface area contributed by atoms with Crippen molar-refractivity contribution in [1.29, 1.82) is 0 Å². The number of hydrogen-bond donors (Lipinski definition) is 1. The fourth-order valence-electron chi connectivity index (χ4n) is 3.52. The van der Waals surface area contributed by atoms with Gasteiger partial charge in [0.1, 0.15) is 0 Å². The molecule has 0 unspecified atom stereocenters. The lowest BCUT2D eigenvalue weighted by molar-refractivity contribution is -0.124. The van der Waals surface area contributed by atoms with E-state index in [1.807, 2.05) is 0 Å². The minimum absolute atomic E-state index is 0.437. The number of halogens is 3. The minimum Gasteiger partial charge on any atom is -0.307 e. The zero-order valence-corrected chi connectivity index (χ0v) is 11.6. The highest BCUT2D eigenvalue weighted by Gasteiger charge is 2.35. The molecular formula is C14H25F3N2. The molecule has 2 rings (SSSR count). The van der Waals surface area contributed by atoms with E-state index in [1.54, 1.807) is 0 Å². The molecule has 2 aliphatic rings. The van der Waals surface area contributed by atoms with Gasteiger partial charge in [-0.1, -0.05) is 19.3 Å². The van der Waals surface area contributed by atoms with Crippen LogP contribution >= 0.6 is 0 Å². The number of rotatable bonds is 4. The maximum absolute atomic E-state index is 12.0. The molecule has 0 radical (unpaired) electrons. The lowest BCUT2D eigenvalue weighted by atomic mass is 9.68. The molecule has 1 aliphatic heterocycles. The summed E-state index contributed by atoms with van der Waals surface area (Å²) in [6.07, 6.45) is 5.25. The van der Waals surface area contributed by atoms with Crippen molar-refractivity contribution in [3.05, 3.63) is 0 Å². The highest BCUT2D eigenvalue weighted by Crippen LogP contribution is 2.44. The molecule has 0 bridgehead atoms. The predicted molar refractivity (Wildman–Crippen MR) is 70.1 cm³/mol. The minimum atomic E-state index is -4.09. The molecule has 0 aromatic heterocycles. The molecule has 1 heterocycles. The summed E-state index contributed by atoms with van der Waals surface area (Å²) in [5.41, 5.74) is 0.578. The van der Waals surface area contributed by atoms with Gasteiger partial charge in [0, 0.05) is 13.1 Å². The van der Waals surface area contributed by atoms with E-state index in [9.17, 15) is 13.2 Å². The van der Waals surface area contributed by atoms with Gasteiger partial charge in [-0.05, 0) is 44.2 Å². The molecule has 2 fully saturated rings. The third kappa shape index (κ3) is 4.95. The van der Waals surface area contributed by atoms with Crippen LogP contribution in [0, 0.1) is 5.41 Å². The summed E-state index contributed by atoms with van der Waals surface area (Å²) in [7, 11) is 0. The highest BCUT2D eigenvalue weighted by atomic mass is 19.4. The van der Waals surface area contributed by atoms with Crippen LogP contribution in [0.25, 0.3) is 0 Å². The average Bonchev–Trinajstić information content (AvgIpc) is 2.37. The maximum Gasteiger partial charge on any atom is 0.401 e. The standard InChI is InChI=1S/C14H25F3N2/c15-14(16,17)12-18-8-11-19-9-6-13(7-10-19)4-2-1-3-5-13/h18H,1-12H2. The number of likely N-dealkylation sites (tertiary alicyclic amines) is 1. The molecule has 0 aromatic rings. The van der Waals surface area contributed by atoms with Crippen molar-refractivity contribution in [2.75, 3.05) is 32.7 Å². The van der Waals surface area contributed by atoms with Gasteiger partial charge in [0.2, 0.25) is 0 Å². The van der Waals surface area contributed by atoms with Gasteiger partial charge >= 0.3 is 6.18 Å². The van der Waals surface area contributed by atoms with Gasteiger partial charge in [-0.2, -0.15) is 13.2 Å². The quantitative estimate of drug-likeness (QED) is 0.795. The Kier molecular flexibility index (Phi) is 5.12. The van der Waals surface area contributed by atoms with E-state index < -0.39 is 12.7 Å². The van der Waals surface area contributed by atoms with Crippen molar-refractivity contribution < 1.29 is 13.2 Å². The van der Waals surface area contributed by atoms with Crippen LogP contribution in [0.1, 0.15) is 44.9 Å². The zero-order chi connectivity index (χ0) is 13.8. The Bertz CT molecular complexity index is 262. The Labute approximate surface area is 113 Å². The number of nitrogens with zero attached hydrogens (tertiary/aromatic N) is 1.